The maximum Gasteiger partial charge on any atom is 0.0512 e. The third-order valence-electron chi connectivity index (χ3n) is 2.41. The van der Waals surface area contributed by atoms with Gasteiger partial charge in [-0.05, 0) is 33.1 Å². The Bertz CT molecular complexity index is 216. The van der Waals surface area contributed by atoms with E-state index < -0.39 is 10.8 Å². The lowest BCUT2D eigenvalue weighted by Gasteiger charge is -2.31. The molecule has 0 radical (unpaired) electrons. The normalized spacial score (nSPS) is 36.5. The summed E-state index contributed by atoms with van der Waals surface area (Å²) in [7, 11) is -0.763. The fraction of sp³-hybridized carbons (Fsp3) is 0.778. The molecule has 0 bridgehead atoms. The Morgan fingerprint density at radius 2 is 2.18 bits per heavy atom. The van der Waals surface area contributed by atoms with E-state index in [1.807, 2.05) is 5.41 Å². The van der Waals surface area contributed by atoms with E-state index in [1.54, 1.807) is 0 Å². The average Bonchev–Trinajstić information content (AvgIpc) is 1.83. The summed E-state index contributed by atoms with van der Waals surface area (Å²) in [6.45, 7) is 8.41. The molecular weight excluding hydrogens is 156 g/mol. The van der Waals surface area contributed by atoms with Crippen molar-refractivity contribution < 1.29 is 4.21 Å². The summed E-state index contributed by atoms with van der Waals surface area (Å²) in [4.78, 5) is 0. The lowest BCUT2D eigenvalue weighted by Crippen LogP contribution is -2.31. The Hall–Kier alpha value is -0.110. The smallest absolute Gasteiger partial charge is 0.0512 e. The monoisotopic (exact) mass is 172 g/mol. The fourth-order valence-corrected chi connectivity index (χ4v) is 2.73. The lowest BCUT2D eigenvalue weighted by molar-refractivity contribution is 0.498. The van der Waals surface area contributed by atoms with Crippen LogP contribution in [0.1, 0.15) is 34.1 Å². The van der Waals surface area contributed by atoms with Gasteiger partial charge in [-0.1, -0.05) is 12.5 Å². The Labute approximate surface area is 71.3 Å². The van der Waals surface area contributed by atoms with Gasteiger partial charge in [-0.25, -0.2) is 0 Å². The van der Waals surface area contributed by atoms with Crippen LogP contribution in [0.3, 0.4) is 0 Å². The Morgan fingerprint density at radius 1 is 1.64 bits per heavy atom. The van der Waals surface area contributed by atoms with Crippen molar-refractivity contribution >= 4 is 10.8 Å². The van der Waals surface area contributed by atoms with Gasteiger partial charge in [0.15, 0.2) is 0 Å². The minimum atomic E-state index is -0.763. The van der Waals surface area contributed by atoms with E-state index in [0.717, 1.165) is 6.42 Å². The second-order valence-electron chi connectivity index (χ2n) is 4.02. The van der Waals surface area contributed by atoms with Crippen LogP contribution in [0.15, 0.2) is 11.0 Å². The summed E-state index contributed by atoms with van der Waals surface area (Å²) >= 11 is 0. The number of hydrogen-bond acceptors (Lipinski definition) is 1. The molecule has 0 aromatic heterocycles. The second kappa shape index (κ2) is 2.74. The predicted molar refractivity (Wildman–Crippen MR) is 49.8 cm³/mol. The first-order valence-corrected chi connectivity index (χ1v) is 5.24. The molecule has 1 nitrogen and oxygen atoms in total. The van der Waals surface area contributed by atoms with Gasteiger partial charge >= 0.3 is 0 Å². The first kappa shape index (κ1) is 8.98. The first-order chi connectivity index (χ1) is 4.93. The Kier molecular flexibility index (Phi) is 2.24. The summed E-state index contributed by atoms with van der Waals surface area (Å²) < 4.78 is 11.5. The van der Waals surface area contributed by atoms with Gasteiger partial charge in [0, 0.05) is 10.2 Å². The second-order valence-corrected chi connectivity index (χ2v) is 5.96. The maximum atomic E-state index is 11.5. The topological polar surface area (TPSA) is 17.1 Å². The van der Waals surface area contributed by atoms with Crippen molar-refractivity contribution in [3.63, 3.8) is 0 Å². The first-order valence-electron chi connectivity index (χ1n) is 4.02. The molecule has 2 unspecified atom stereocenters. The summed E-state index contributed by atoms with van der Waals surface area (Å²) in [6, 6.07) is 0. The minimum absolute atomic E-state index is 0.0150. The maximum absolute atomic E-state index is 11.5. The zero-order valence-corrected chi connectivity index (χ0v) is 8.49. The van der Waals surface area contributed by atoms with Crippen molar-refractivity contribution in [2.45, 2.75) is 38.9 Å². The molecule has 0 aliphatic carbocycles. The van der Waals surface area contributed by atoms with E-state index in [4.69, 9.17) is 0 Å². The van der Waals surface area contributed by atoms with Crippen molar-refractivity contribution in [1.29, 1.82) is 0 Å². The Morgan fingerprint density at radius 3 is 2.64 bits per heavy atom. The third kappa shape index (κ3) is 1.73. The van der Waals surface area contributed by atoms with Crippen molar-refractivity contribution in [3.8, 4) is 0 Å². The van der Waals surface area contributed by atoms with Crippen LogP contribution in [0, 0.1) is 5.92 Å². The van der Waals surface area contributed by atoms with Gasteiger partial charge in [-0.15, -0.1) is 0 Å². The van der Waals surface area contributed by atoms with Crippen LogP contribution < -0.4 is 0 Å². The molecule has 0 N–H and O–H groups in total. The molecule has 1 heterocycles. The molecule has 1 aliphatic rings. The number of hydrogen-bond donors (Lipinski definition) is 0. The zero-order valence-electron chi connectivity index (χ0n) is 7.68. The molecule has 1 rings (SSSR count). The molecule has 0 saturated carbocycles. The number of rotatable bonds is 0. The number of allylic oxidation sites excluding steroid dienone is 1. The van der Waals surface area contributed by atoms with Gasteiger partial charge in [0.25, 0.3) is 0 Å². The van der Waals surface area contributed by atoms with Gasteiger partial charge in [-0.3, -0.25) is 4.21 Å². The van der Waals surface area contributed by atoms with Crippen LogP contribution in [-0.2, 0) is 10.8 Å². The standard InChI is InChI=1S/C9H16OS/c1-7-5-9(3,4)11(10)6-8(7)2/h6-7H,5H2,1-4H3. The van der Waals surface area contributed by atoms with E-state index >= 15 is 0 Å². The fourth-order valence-electron chi connectivity index (χ4n) is 1.43. The SMILES string of the molecule is CC1=CS(=O)C(C)(C)CC1C. The van der Waals surface area contributed by atoms with Crippen LogP contribution in [0.5, 0.6) is 0 Å². The van der Waals surface area contributed by atoms with Gasteiger partial charge in [0.1, 0.15) is 0 Å². The third-order valence-corrected chi connectivity index (χ3v) is 4.25. The highest BCUT2D eigenvalue weighted by atomic mass is 32.2. The van der Waals surface area contributed by atoms with Crippen molar-refractivity contribution in [3.05, 3.63) is 11.0 Å². The van der Waals surface area contributed by atoms with Gasteiger partial charge in [0.05, 0.1) is 10.8 Å². The molecule has 0 amide bonds. The molecule has 0 spiro atoms. The highest BCUT2D eigenvalue weighted by molar-refractivity contribution is 7.89. The van der Waals surface area contributed by atoms with Gasteiger partial charge in [-0.2, -0.15) is 0 Å². The average molecular weight is 172 g/mol. The summed E-state index contributed by atoms with van der Waals surface area (Å²) in [5.74, 6) is 0.600. The van der Waals surface area contributed by atoms with Crippen LogP contribution in [0.2, 0.25) is 0 Å². The summed E-state index contributed by atoms with van der Waals surface area (Å²) in [5.41, 5.74) is 1.28. The minimum Gasteiger partial charge on any atom is -0.254 e. The van der Waals surface area contributed by atoms with Crippen LogP contribution in [0.4, 0.5) is 0 Å². The molecule has 64 valence electrons. The van der Waals surface area contributed by atoms with Crippen LogP contribution in [0.25, 0.3) is 0 Å². The summed E-state index contributed by atoms with van der Waals surface area (Å²) in [5, 5.41) is 1.91. The molecule has 2 heteroatoms. The van der Waals surface area contributed by atoms with Crippen LogP contribution >= 0.6 is 0 Å². The van der Waals surface area contributed by atoms with Gasteiger partial charge in [0.2, 0.25) is 0 Å². The van der Waals surface area contributed by atoms with Crippen molar-refractivity contribution in [2.24, 2.45) is 5.92 Å². The van der Waals surface area contributed by atoms with E-state index in [1.165, 1.54) is 5.57 Å². The molecule has 1 aliphatic heterocycles. The zero-order chi connectivity index (χ0) is 8.65. The molecule has 0 saturated heterocycles. The predicted octanol–water partition coefficient (Wildman–Crippen LogP) is 2.46. The molecule has 11 heavy (non-hydrogen) atoms. The molecular formula is C9H16OS. The molecule has 2 atom stereocenters. The largest absolute Gasteiger partial charge is 0.254 e. The Balaban J connectivity index is 2.93. The molecule has 0 aromatic carbocycles. The van der Waals surface area contributed by atoms with Crippen molar-refractivity contribution in [2.75, 3.05) is 0 Å². The summed E-state index contributed by atoms with van der Waals surface area (Å²) in [6.07, 6.45) is 1.04. The van der Waals surface area contributed by atoms with E-state index in [-0.39, 0.29) is 4.75 Å². The van der Waals surface area contributed by atoms with E-state index in [2.05, 4.69) is 27.7 Å². The highest BCUT2D eigenvalue weighted by Crippen LogP contribution is 2.33. The molecule has 0 aromatic rings. The quantitative estimate of drug-likeness (QED) is 0.548. The lowest BCUT2D eigenvalue weighted by atomic mass is 9.92. The van der Waals surface area contributed by atoms with Crippen molar-refractivity contribution in [1.82, 2.24) is 0 Å². The van der Waals surface area contributed by atoms with Crippen LogP contribution in [-0.4, -0.2) is 8.96 Å². The van der Waals surface area contributed by atoms with Gasteiger partial charge < -0.3 is 0 Å². The van der Waals surface area contributed by atoms with E-state index in [0.29, 0.717) is 5.92 Å². The van der Waals surface area contributed by atoms with E-state index in [9.17, 15) is 4.21 Å². The molecule has 0 fully saturated rings. The highest BCUT2D eigenvalue weighted by Gasteiger charge is 2.31.